The molecule has 1 fully saturated rings. The van der Waals surface area contributed by atoms with E-state index in [1.807, 2.05) is 12.4 Å². The van der Waals surface area contributed by atoms with Crippen LogP contribution in [-0.2, 0) is 4.74 Å². The lowest BCUT2D eigenvalue weighted by Crippen LogP contribution is -2.50. The Kier molecular flexibility index (Phi) is 4.14. The first kappa shape index (κ1) is 13.2. The van der Waals surface area contributed by atoms with Crippen LogP contribution in [0.5, 0.6) is 6.01 Å². The summed E-state index contributed by atoms with van der Waals surface area (Å²) >= 11 is 0. The van der Waals surface area contributed by atoms with Gasteiger partial charge in [-0.3, -0.25) is 0 Å². The van der Waals surface area contributed by atoms with Crippen molar-refractivity contribution in [1.29, 1.82) is 0 Å². The van der Waals surface area contributed by atoms with E-state index in [2.05, 4.69) is 22.2 Å². The molecule has 1 saturated carbocycles. The molecule has 1 heterocycles. The number of methoxy groups -OCH3 is 2. The highest BCUT2D eigenvalue weighted by Crippen LogP contribution is 2.44. The summed E-state index contributed by atoms with van der Waals surface area (Å²) in [7, 11) is 3.35. The molecule has 0 amide bonds. The Balaban J connectivity index is 2.23. The smallest absolute Gasteiger partial charge is 0.316 e. The van der Waals surface area contributed by atoms with Crippen molar-refractivity contribution >= 4 is 0 Å². The number of hydrogen-bond donors (Lipinski definition) is 1. The first-order chi connectivity index (χ1) is 8.75. The molecule has 1 aromatic rings. The van der Waals surface area contributed by atoms with E-state index in [4.69, 9.17) is 9.47 Å². The van der Waals surface area contributed by atoms with Crippen LogP contribution in [-0.4, -0.2) is 36.3 Å². The summed E-state index contributed by atoms with van der Waals surface area (Å²) in [4.78, 5) is 8.36. The van der Waals surface area contributed by atoms with Gasteiger partial charge in [-0.2, -0.15) is 0 Å². The SMILES string of the molecule is CCNC(c1cnc(OC)nc1)C1(OC)CCC1. The van der Waals surface area contributed by atoms with Crippen molar-refractivity contribution < 1.29 is 9.47 Å². The third-order valence-electron chi connectivity index (χ3n) is 3.70. The van der Waals surface area contributed by atoms with Crippen molar-refractivity contribution in [1.82, 2.24) is 15.3 Å². The van der Waals surface area contributed by atoms with Crippen molar-refractivity contribution in [3.63, 3.8) is 0 Å². The number of nitrogens with zero attached hydrogens (tertiary/aromatic N) is 2. The van der Waals surface area contributed by atoms with E-state index >= 15 is 0 Å². The van der Waals surface area contributed by atoms with Gasteiger partial charge in [0.15, 0.2) is 0 Å². The summed E-state index contributed by atoms with van der Waals surface area (Å²) in [6.07, 6.45) is 7.00. The second-order valence-corrected chi connectivity index (χ2v) is 4.62. The monoisotopic (exact) mass is 251 g/mol. The Morgan fingerprint density at radius 1 is 1.33 bits per heavy atom. The molecule has 0 bridgehead atoms. The number of ether oxygens (including phenoxy) is 2. The molecule has 0 spiro atoms. The quantitative estimate of drug-likeness (QED) is 0.834. The summed E-state index contributed by atoms with van der Waals surface area (Å²) in [5.74, 6) is 0. The molecular formula is C13H21N3O2. The fourth-order valence-corrected chi connectivity index (χ4v) is 2.53. The highest BCUT2D eigenvalue weighted by atomic mass is 16.5. The van der Waals surface area contributed by atoms with E-state index in [-0.39, 0.29) is 11.6 Å². The van der Waals surface area contributed by atoms with Gasteiger partial charge in [0.05, 0.1) is 18.8 Å². The Morgan fingerprint density at radius 3 is 2.39 bits per heavy atom. The number of hydrogen-bond acceptors (Lipinski definition) is 5. The lowest BCUT2D eigenvalue weighted by molar-refractivity contribution is -0.0996. The van der Waals surface area contributed by atoms with Gasteiger partial charge in [-0.1, -0.05) is 6.92 Å². The van der Waals surface area contributed by atoms with Gasteiger partial charge in [-0.05, 0) is 25.8 Å². The molecule has 1 atom stereocenters. The van der Waals surface area contributed by atoms with Gasteiger partial charge >= 0.3 is 6.01 Å². The molecule has 0 aliphatic heterocycles. The molecule has 0 aromatic carbocycles. The molecular weight excluding hydrogens is 230 g/mol. The van der Waals surface area contributed by atoms with Crippen molar-refractivity contribution in [3.8, 4) is 6.01 Å². The van der Waals surface area contributed by atoms with Gasteiger partial charge in [0.2, 0.25) is 0 Å². The maximum absolute atomic E-state index is 5.75. The highest BCUT2D eigenvalue weighted by molar-refractivity contribution is 5.19. The molecule has 1 aliphatic rings. The van der Waals surface area contributed by atoms with Crippen molar-refractivity contribution in [3.05, 3.63) is 18.0 Å². The van der Waals surface area contributed by atoms with Crippen LogP contribution in [0.3, 0.4) is 0 Å². The maximum atomic E-state index is 5.75. The van der Waals surface area contributed by atoms with Gasteiger partial charge in [0.25, 0.3) is 0 Å². The topological polar surface area (TPSA) is 56.3 Å². The summed E-state index contributed by atoms with van der Waals surface area (Å²) in [6.45, 7) is 2.99. The Hall–Kier alpha value is -1.20. The predicted octanol–water partition coefficient (Wildman–Crippen LogP) is 1.70. The third-order valence-corrected chi connectivity index (χ3v) is 3.70. The Bertz CT molecular complexity index is 371. The van der Waals surface area contributed by atoms with Crippen molar-refractivity contribution in [2.24, 2.45) is 0 Å². The maximum Gasteiger partial charge on any atom is 0.316 e. The molecule has 18 heavy (non-hydrogen) atoms. The molecule has 100 valence electrons. The van der Waals surface area contributed by atoms with Gasteiger partial charge < -0.3 is 14.8 Å². The van der Waals surface area contributed by atoms with Crippen LogP contribution in [0.15, 0.2) is 12.4 Å². The summed E-state index contributed by atoms with van der Waals surface area (Å²) in [5.41, 5.74) is 0.952. The van der Waals surface area contributed by atoms with E-state index in [0.29, 0.717) is 6.01 Å². The number of nitrogens with one attached hydrogen (secondary N) is 1. The second kappa shape index (κ2) is 5.63. The second-order valence-electron chi connectivity index (χ2n) is 4.62. The van der Waals surface area contributed by atoms with E-state index in [0.717, 1.165) is 24.9 Å². The van der Waals surface area contributed by atoms with Gasteiger partial charge in [0, 0.05) is 25.1 Å². The molecule has 0 radical (unpaired) electrons. The molecule has 0 saturated heterocycles. The molecule has 1 N–H and O–H groups in total. The first-order valence-electron chi connectivity index (χ1n) is 6.40. The normalized spacial score (nSPS) is 19.1. The zero-order valence-corrected chi connectivity index (χ0v) is 11.3. The van der Waals surface area contributed by atoms with Crippen LogP contribution < -0.4 is 10.1 Å². The predicted molar refractivity (Wildman–Crippen MR) is 68.6 cm³/mol. The van der Waals surface area contributed by atoms with Crippen LogP contribution >= 0.6 is 0 Å². The molecule has 1 aliphatic carbocycles. The number of aromatic nitrogens is 2. The molecule has 5 nitrogen and oxygen atoms in total. The Labute approximate surface area is 108 Å². The van der Waals surface area contributed by atoms with Crippen molar-refractivity contribution in [2.75, 3.05) is 20.8 Å². The largest absolute Gasteiger partial charge is 0.467 e. The Morgan fingerprint density at radius 2 is 2.00 bits per heavy atom. The zero-order chi connectivity index (χ0) is 13.0. The summed E-state index contributed by atoms with van der Waals surface area (Å²) in [6, 6.07) is 0.543. The highest BCUT2D eigenvalue weighted by Gasteiger charge is 2.45. The summed E-state index contributed by atoms with van der Waals surface area (Å²) < 4.78 is 10.7. The molecule has 1 aromatic heterocycles. The fourth-order valence-electron chi connectivity index (χ4n) is 2.53. The molecule has 5 heteroatoms. The lowest BCUT2D eigenvalue weighted by atomic mass is 9.72. The van der Waals surface area contributed by atoms with Crippen LogP contribution in [0.25, 0.3) is 0 Å². The van der Waals surface area contributed by atoms with Crippen LogP contribution in [0, 0.1) is 0 Å². The van der Waals surface area contributed by atoms with Gasteiger partial charge in [0.1, 0.15) is 0 Å². The molecule has 2 rings (SSSR count). The fraction of sp³-hybridized carbons (Fsp3) is 0.692. The van der Waals surface area contributed by atoms with E-state index < -0.39 is 0 Å². The zero-order valence-electron chi connectivity index (χ0n) is 11.3. The average Bonchev–Trinajstić information content (AvgIpc) is 2.37. The summed E-state index contributed by atoms with van der Waals surface area (Å²) in [5, 5.41) is 3.48. The van der Waals surface area contributed by atoms with E-state index in [1.165, 1.54) is 6.42 Å². The molecule has 1 unspecified atom stereocenters. The van der Waals surface area contributed by atoms with E-state index in [9.17, 15) is 0 Å². The number of likely N-dealkylation sites (N-methyl/N-ethyl adjacent to an activating group) is 1. The standard InChI is InChI=1S/C13H21N3O2/c1-4-14-11(13(18-3)6-5-7-13)10-8-15-12(17-2)16-9-10/h8-9,11,14H,4-7H2,1-3H3. The van der Waals surface area contributed by atoms with Gasteiger partial charge in [-0.15, -0.1) is 0 Å². The minimum atomic E-state index is -0.103. The van der Waals surface area contributed by atoms with Crippen LogP contribution in [0.4, 0.5) is 0 Å². The van der Waals surface area contributed by atoms with E-state index in [1.54, 1.807) is 14.2 Å². The minimum Gasteiger partial charge on any atom is -0.467 e. The lowest BCUT2D eigenvalue weighted by Gasteiger charge is -2.46. The van der Waals surface area contributed by atoms with Crippen LogP contribution in [0.2, 0.25) is 0 Å². The van der Waals surface area contributed by atoms with Gasteiger partial charge in [-0.25, -0.2) is 9.97 Å². The van der Waals surface area contributed by atoms with Crippen molar-refractivity contribution in [2.45, 2.75) is 37.8 Å². The van der Waals surface area contributed by atoms with Crippen LogP contribution in [0.1, 0.15) is 37.8 Å². The minimum absolute atomic E-state index is 0.103. The average molecular weight is 251 g/mol. The first-order valence-corrected chi connectivity index (χ1v) is 6.40. The third kappa shape index (κ3) is 2.33. The number of rotatable bonds is 6.